The van der Waals surface area contributed by atoms with Crippen LogP contribution in [-0.4, -0.2) is 14.5 Å². The van der Waals surface area contributed by atoms with E-state index in [2.05, 4.69) is 18.6 Å². The SMILES string of the molecule is CC1(C)CCCC(NS(=O)(=O)c2ccc(C#N)cc2)C1. The molecule has 1 unspecified atom stereocenters. The summed E-state index contributed by atoms with van der Waals surface area (Å²) in [5, 5.41) is 8.73. The molecule has 1 fully saturated rings. The van der Waals surface area contributed by atoms with Crippen LogP contribution in [0.5, 0.6) is 0 Å². The number of sulfonamides is 1. The first kappa shape index (κ1) is 15.0. The second-order valence-corrected chi connectivity index (χ2v) is 7.93. The van der Waals surface area contributed by atoms with Gasteiger partial charge in [-0.05, 0) is 48.9 Å². The van der Waals surface area contributed by atoms with Crippen molar-refractivity contribution >= 4 is 10.0 Å². The summed E-state index contributed by atoms with van der Waals surface area (Å²) in [5.74, 6) is 0. The van der Waals surface area contributed by atoms with Crippen molar-refractivity contribution in [1.29, 1.82) is 5.26 Å². The van der Waals surface area contributed by atoms with Crippen molar-refractivity contribution in [2.45, 2.75) is 50.5 Å². The molecule has 5 heteroatoms. The molecule has 0 aromatic heterocycles. The van der Waals surface area contributed by atoms with Crippen LogP contribution in [0.2, 0.25) is 0 Å². The first-order chi connectivity index (χ1) is 9.32. The minimum absolute atomic E-state index is 0.000562. The lowest BCUT2D eigenvalue weighted by Crippen LogP contribution is -2.40. The number of benzene rings is 1. The summed E-state index contributed by atoms with van der Waals surface area (Å²) in [4.78, 5) is 0.222. The van der Waals surface area contributed by atoms with Gasteiger partial charge in [-0.25, -0.2) is 13.1 Å². The van der Waals surface area contributed by atoms with E-state index in [0.717, 1.165) is 25.7 Å². The molecule has 1 atom stereocenters. The Morgan fingerprint density at radius 2 is 1.95 bits per heavy atom. The second-order valence-electron chi connectivity index (χ2n) is 6.21. The van der Waals surface area contributed by atoms with Crippen LogP contribution in [0.3, 0.4) is 0 Å². The predicted molar refractivity (Wildman–Crippen MR) is 77.5 cm³/mol. The molecule has 1 aliphatic rings. The Labute approximate surface area is 120 Å². The van der Waals surface area contributed by atoms with Crippen LogP contribution in [0, 0.1) is 16.7 Å². The molecule has 0 bridgehead atoms. The van der Waals surface area contributed by atoms with Gasteiger partial charge in [-0.1, -0.05) is 20.3 Å². The molecule has 0 spiro atoms. The fraction of sp³-hybridized carbons (Fsp3) is 0.533. The van der Waals surface area contributed by atoms with E-state index in [-0.39, 0.29) is 16.4 Å². The molecule has 2 rings (SSSR count). The maximum atomic E-state index is 12.3. The second kappa shape index (κ2) is 5.55. The maximum absolute atomic E-state index is 12.3. The molecule has 20 heavy (non-hydrogen) atoms. The summed E-state index contributed by atoms with van der Waals surface area (Å²) in [6.07, 6.45) is 3.94. The van der Waals surface area contributed by atoms with E-state index in [9.17, 15) is 8.42 Å². The van der Waals surface area contributed by atoms with Gasteiger partial charge in [0.15, 0.2) is 0 Å². The third-order valence-corrected chi connectivity index (χ3v) is 5.36. The van der Waals surface area contributed by atoms with Gasteiger partial charge >= 0.3 is 0 Å². The molecule has 0 saturated heterocycles. The van der Waals surface area contributed by atoms with E-state index in [0.29, 0.717) is 5.56 Å². The summed E-state index contributed by atoms with van der Waals surface area (Å²) < 4.78 is 27.4. The highest BCUT2D eigenvalue weighted by Crippen LogP contribution is 2.35. The summed E-state index contributed by atoms with van der Waals surface area (Å²) in [6, 6.07) is 8.00. The van der Waals surface area contributed by atoms with Crippen LogP contribution in [0.25, 0.3) is 0 Å². The Morgan fingerprint density at radius 3 is 2.50 bits per heavy atom. The Morgan fingerprint density at radius 1 is 1.30 bits per heavy atom. The Balaban J connectivity index is 2.12. The molecule has 4 nitrogen and oxygen atoms in total. The largest absolute Gasteiger partial charge is 0.240 e. The Hall–Kier alpha value is -1.38. The van der Waals surface area contributed by atoms with Crippen LogP contribution in [0.4, 0.5) is 0 Å². The van der Waals surface area contributed by atoms with Crippen LogP contribution in [0.1, 0.15) is 45.1 Å². The van der Waals surface area contributed by atoms with Crippen LogP contribution in [0.15, 0.2) is 29.2 Å². The summed E-state index contributed by atoms with van der Waals surface area (Å²) >= 11 is 0. The zero-order valence-electron chi connectivity index (χ0n) is 11.9. The summed E-state index contributed by atoms with van der Waals surface area (Å²) in [7, 11) is -3.49. The molecule has 0 heterocycles. The van der Waals surface area contributed by atoms with E-state index >= 15 is 0 Å². The third kappa shape index (κ3) is 3.59. The van der Waals surface area contributed by atoms with Gasteiger partial charge in [-0.2, -0.15) is 5.26 Å². The monoisotopic (exact) mass is 292 g/mol. The molecular weight excluding hydrogens is 272 g/mol. The quantitative estimate of drug-likeness (QED) is 0.931. The van der Waals surface area contributed by atoms with Crippen LogP contribution in [-0.2, 0) is 10.0 Å². The molecule has 0 radical (unpaired) electrons. The van der Waals surface area contributed by atoms with Gasteiger partial charge < -0.3 is 0 Å². The van der Waals surface area contributed by atoms with Crippen LogP contribution >= 0.6 is 0 Å². The first-order valence-electron chi connectivity index (χ1n) is 6.85. The van der Waals surface area contributed by atoms with E-state index in [1.807, 2.05) is 6.07 Å². The van der Waals surface area contributed by atoms with Crippen molar-refractivity contribution in [3.05, 3.63) is 29.8 Å². The molecule has 0 aliphatic heterocycles. The van der Waals surface area contributed by atoms with Gasteiger partial charge in [-0.15, -0.1) is 0 Å². The van der Waals surface area contributed by atoms with Crippen molar-refractivity contribution in [2.24, 2.45) is 5.41 Å². The van der Waals surface area contributed by atoms with E-state index < -0.39 is 10.0 Å². The summed E-state index contributed by atoms with van der Waals surface area (Å²) in [5.41, 5.74) is 0.651. The number of rotatable bonds is 3. The Kier molecular flexibility index (Phi) is 4.17. The molecule has 1 N–H and O–H groups in total. The number of nitrogens with one attached hydrogen (secondary N) is 1. The normalized spacial score (nSPS) is 22.1. The predicted octanol–water partition coefficient (Wildman–Crippen LogP) is 2.81. The van der Waals surface area contributed by atoms with E-state index in [1.165, 1.54) is 24.3 Å². The van der Waals surface area contributed by atoms with E-state index in [4.69, 9.17) is 5.26 Å². The lowest BCUT2D eigenvalue weighted by molar-refractivity contribution is 0.212. The number of nitriles is 1. The van der Waals surface area contributed by atoms with Crippen LogP contribution < -0.4 is 4.72 Å². The lowest BCUT2D eigenvalue weighted by Gasteiger charge is -2.35. The van der Waals surface area contributed by atoms with Crippen molar-refractivity contribution in [3.8, 4) is 6.07 Å². The van der Waals surface area contributed by atoms with Crippen molar-refractivity contribution in [3.63, 3.8) is 0 Å². The third-order valence-electron chi connectivity index (χ3n) is 3.82. The molecule has 108 valence electrons. The van der Waals surface area contributed by atoms with Crippen molar-refractivity contribution in [1.82, 2.24) is 4.72 Å². The zero-order valence-corrected chi connectivity index (χ0v) is 12.7. The van der Waals surface area contributed by atoms with Gasteiger partial charge in [0, 0.05) is 6.04 Å². The van der Waals surface area contributed by atoms with Crippen molar-refractivity contribution in [2.75, 3.05) is 0 Å². The fourth-order valence-corrected chi connectivity index (χ4v) is 4.07. The molecule has 1 aromatic rings. The maximum Gasteiger partial charge on any atom is 0.240 e. The minimum atomic E-state index is -3.49. The Bertz CT molecular complexity index is 612. The molecular formula is C15H20N2O2S. The van der Waals surface area contributed by atoms with Gasteiger partial charge in [0.25, 0.3) is 0 Å². The van der Waals surface area contributed by atoms with Gasteiger partial charge in [0.2, 0.25) is 10.0 Å². The molecule has 1 saturated carbocycles. The smallest absolute Gasteiger partial charge is 0.208 e. The fourth-order valence-electron chi connectivity index (χ4n) is 2.79. The highest BCUT2D eigenvalue weighted by atomic mass is 32.2. The number of hydrogen-bond acceptors (Lipinski definition) is 3. The zero-order chi connectivity index (χ0) is 14.8. The lowest BCUT2D eigenvalue weighted by atomic mass is 9.75. The van der Waals surface area contributed by atoms with Gasteiger partial charge in [0.05, 0.1) is 16.5 Å². The average Bonchev–Trinajstić information content (AvgIpc) is 2.37. The standard InChI is InChI=1S/C15H20N2O2S/c1-15(2)9-3-4-13(10-15)17-20(18,19)14-7-5-12(11-16)6-8-14/h5-8,13,17H,3-4,9-10H2,1-2H3. The van der Waals surface area contributed by atoms with E-state index in [1.54, 1.807) is 0 Å². The number of nitrogens with zero attached hydrogens (tertiary/aromatic N) is 1. The highest BCUT2D eigenvalue weighted by Gasteiger charge is 2.30. The number of hydrogen-bond donors (Lipinski definition) is 1. The molecule has 1 aliphatic carbocycles. The van der Waals surface area contributed by atoms with Gasteiger partial charge in [0.1, 0.15) is 0 Å². The van der Waals surface area contributed by atoms with Crippen molar-refractivity contribution < 1.29 is 8.42 Å². The minimum Gasteiger partial charge on any atom is -0.208 e. The first-order valence-corrected chi connectivity index (χ1v) is 8.33. The average molecular weight is 292 g/mol. The summed E-state index contributed by atoms with van der Waals surface area (Å²) in [6.45, 7) is 4.35. The molecule has 0 amide bonds. The topological polar surface area (TPSA) is 70.0 Å². The highest BCUT2D eigenvalue weighted by molar-refractivity contribution is 7.89. The van der Waals surface area contributed by atoms with Gasteiger partial charge in [-0.3, -0.25) is 0 Å². The molecule has 1 aromatic carbocycles.